The molecule has 0 unspecified atom stereocenters. The molecule has 22 heavy (non-hydrogen) atoms. The first-order valence-corrected chi connectivity index (χ1v) is 8.92. The number of fused-ring (bicyclic) bond motifs is 1. The van der Waals surface area contributed by atoms with Gasteiger partial charge in [-0.2, -0.15) is 4.31 Å². The van der Waals surface area contributed by atoms with E-state index >= 15 is 0 Å². The highest BCUT2D eigenvalue weighted by molar-refractivity contribution is 7.89. The van der Waals surface area contributed by atoms with Crippen LogP contribution < -0.4 is 4.90 Å². The Bertz CT molecular complexity index is 694. The molecule has 6 nitrogen and oxygen atoms in total. The zero-order chi connectivity index (χ0) is 15.9. The van der Waals surface area contributed by atoms with Gasteiger partial charge >= 0.3 is 0 Å². The van der Waals surface area contributed by atoms with Gasteiger partial charge in [-0.25, -0.2) is 8.42 Å². The smallest absolute Gasteiger partial charge is 0.243 e. The highest BCUT2D eigenvalue weighted by atomic mass is 32.2. The normalized spacial score (nSPS) is 21.0. The highest BCUT2D eigenvalue weighted by Gasteiger charge is 2.29. The lowest BCUT2D eigenvalue weighted by atomic mass is 10.0. The maximum Gasteiger partial charge on any atom is 0.243 e. The Labute approximate surface area is 131 Å². The molecule has 0 aromatic heterocycles. The summed E-state index contributed by atoms with van der Waals surface area (Å²) >= 11 is 0. The number of hydrogen-bond acceptors (Lipinski definition) is 4. The van der Waals surface area contributed by atoms with Crippen molar-refractivity contribution in [2.75, 3.05) is 45.2 Å². The van der Waals surface area contributed by atoms with Gasteiger partial charge in [0, 0.05) is 45.3 Å². The summed E-state index contributed by atoms with van der Waals surface area (Å²) < 4.78 is 27.1. The number of likely N-dealkylation sites (N-methyl/N-ethyl adjacent to an activating group) is 1. The average Bonchev–Trinajstić information content (AvgIpc) is 2.51. The topological polar surface area (TPSA) is 60.9 Å². The number of anilines is 1. The molecule has 1 saturated heterocycles. The van der Waals surface area contributed by atoms with E-state index in [4.69, 9.17) is 0 Å². The molecule has 0 saturated carbocycles. The van der Waals surface area contributed by atoms with Crippen LogP contribution in [0.4, 0.5) is 5.69 Å². The first-order valence-electron chi connectivity index (χ1n) is 7.48. The van der Waals surface area contributed by atoms with Gasteiger partial charge < -0.3 is 9.80 Å². The Morgan fingerprint density at radius 2 is 1.68 bits per heavy atom. The Balaban J connectivity index is 1.91. The lowest BCUT2D eigenvalue weighted by Crippen LogP contribution is -2.47. The van der Waals surface area contributed by atoms with E-state index in [-0.39, 0.29) is 5.91 Å². The van der Waals surface area contributed by atoms with Crippen molar-refractivity contribution < 1.29 is 13.2 Å². The summed E-state index contributed by atoms with van der Waals surface area (Å²) in [5, 5.41) is 0. The van der Waals surface area contributed by atoms with Crippen molar-refractivity contribution >= 4 is 21.6 Å². The molecule has 7 heteroatoms. The third-order valence-corrected chi connectivity index (χ3v) is 6.39. The van der Waals surface area contributed by atoms with Crippen molar-refractivity contribution in [1.82, 2.24) is 9.21 Å². The minimum atomic E-state index is -3.45. The fourth-order valence-corrected chi connectivity index (χ4v) is 4.44. The zero-order valence-electron chi connectivity index (χ0n) is 12.9. The van der Waals surface area contributed by atoms with E-state index in [0.29, 0.717) is 30.8 Å². The number of benzene rings is 1. The molecule has 2 heterocycles. The number of carbonyl (C=O) groups excluding carboxylic acids is 1. The lowest BCUT2D eigenvalue weighted by molar-refractivity contribution is -0.118. The van der Waals surface area contributed by atoms with Crippen molar-refractivity contribution in [2.45, 2.75) is 17.7 Å². The third-order valence-electron chi connectivity index (χ3n) is 4.49. The van der Waals surface area contributed by atoms with Crippen LogP contribution in [0, 0.1) is 0 Å². The highest BCUT2D eigenvalue weighted by Crippen LogP contribution is 2.30. The van der Waals surface area contributed by atoms with Gasteiger partial charge in [0.1, 0.15) is 0 Å². The van der Waals surface area contributed by atoms with Crippen molar-refractivity contribution in [3.8, 4) is 0 Å². The van der Waals surface area contributed by atoms with E-state index in [0.717, 1.165) is 24.3 Å². The van der Waals surface area contributed by atoms with Crippen LogP contribution in [0.15, 0.2) is 23.1 Å². The van der Waals surface area contributed by atoms with Crippen LogP contribution >= 0.6 is 0 Å². The lowest BCUT2D eigenvalue weighted by Gasteiger charge is -2.32. The number of rotatable bonds is 2. The van der Waals surface area contributed by atoms with Crippen molar-refractivity contribution in [3.63, 3.8) is 0 Å². The molecule has 2 aliphatic heterocycles. The molecular formula is C15H21N3O3S. The van der Waals surface area contributed by atoms with Gasteiger partial charge in [-0.05, 0) is 37.2 Å². The predicted molar refractivity (Wildman–Crippen MR) is 84.4 cm³/mol. The van der Waals surface area contributed by atoms with Crippen LogP contribution in [0.5, 0.6) is 0 Å². The van der Waals surface area contributed by atoms with Crippen LogP contribution in [-0.4, -0.2) is 63.8 Å². The molecule has 120 valence electrons. The number of aryl methyl sites for hydroxylation is 1. The number of amides is 1. The van der Waals surface area contributed by atoms with Crippen LogP contribution in [0.25, 0.3) is 0 Å². The van der Waals surface area contributed by atoms with Gasteiger partial charge in [0.25, 0.3) is 0 Å². The molecule has 0 radical (unpaired) electrons. The SMILES string of the molecule is CN1CCN(S(=O)(=O)c2ccc3c(c2)CCC(=O)N3C)CC1. The second kappa shape index (κ2) is 5.64. The fraction of sp³-hybridized carbons (Fsp3) is 0.533. The quantitative estimate of drug-likeness (QED) is 0.797. The molecule has 1 aromatic rings. The molecule has 0 bridgehead atoms. The van der Waals surface area contributed by atoms with Gasteiger partial charge in [0.15, 0.2) is 0 Å². The maximum atomic E-state index is 12.8. The van der Waals surface area contributed by atoms with Gasteiger partial charge in [-0.15, -0.1) is 0 Å². The second-order valence-corrected chi connectivity index (χ2v) is 7.89. The Morgan fingerprint density at radius 1 is 1.00 bits per heavy atom. The summed E-state index contributed by atoms with van der Waals surface area (Å²) in [5.74, 6) is 0.0715. The van der Waals surface area contributed by atoms with Crippen LogP contribution in [0.2, 0.25) is 0 Å². The zero-order valence-corrected chi connectivity index (χ0v) is 13.8. The number of nitrogens with zero attached hydrogens (tertiary/aromatic N) is 3. The molecule has 1 amide bonds. The van der Waals surface area contributed by atoms with Crippen LogP contribution in [0.3, 0.4) is 0 Å². The summed E-state index contributed by atoms with van der Waals surface area (Å²) in [6.07, 6.45) is 1.03. The minimum Gasteiger partial charge on any atom is -0.315 e. The largest absolute Gasteiger partial charge is 0.315 e. The molecule has 1 fully saturated rings. The summed E-state index contributed by atoms with van der Waals surface area (Å²) in [5.41, 5.74) is 1.74. The van der Waals surface area contributed by atoms with E-state index in [1.54, 1.807) is 34.5 Å². The van der Waals surface area contributed by atoms with E-state index in [2.05, 4.69) is 4.90 Å². The molecule has 0 N–H and O–H groups in total. The van der Waals surface area contributed by atoms with Crippen molar-refractivity contribution in [1.29, 1.82) is 0 Å². The average molecular weight is 323 g/mol. The van der Waals surface area contributed by atoms with Crippen molar-refractivity contribution in [2.24, 2.45) is 0 Å². The maximum absolute atomic E-state index is 12.8. The summed E-state index contributed by atoms with van der Waals surface area (Å²) in [4.78, 5) is 15.8. The fourth-order valence-electron chi connectivity index (χ4n) is 2.97. The molecule has 0 atom stereocenters. The van der Waals surface area contributed by atoms with E-state index < -0.39 is 10.0 Å². The van der Waals surface area contributed by atoms with Gasteiger partial charge in [-0.1, -0.05) is 0 Å². The van der Waals surface area contributed by atoms with E-state index in [1.807, 2.05) is 7.05 Å². The summed E-state index contributed by atoms with van der Waals surface area (Å²) in [6, 6.07) is 5.09. The monoisotopic (exact) mass is 323 g/mol. The molecule has 2 aliphatic rings. The first-order chi connectivity index (χ1) is 10.4. The van der Waals surface area contributed by atoms with E-state index in [9.17, 15) is 13.2 Å². The Morgan fingerprint density at radius 3 is 2.36 bits per heavy atom. The van der Waals surface area contributed by atoms with Gasteiger partial charge in [0.2, 0.25) is 15.9 Å². The first kappa shape index (κ1) is 15.5. The molecule has 3 rings (SSSR count). The molecular weight excluding hydrogens is 302 g/mol. The summed E-state index contributed by atoms with van der Waals surface area (Å²) in [6.45, 7) is 2.55. The Kier molecular flexibility index (Phi) is 3.96. The Hall–Kier alpha value is -1.44. The van der Waals surface area contributed by atoms with Crippen LogP contribution in [-0.2, 0) is 21.2 Å². The van der Waals surface area contributed by atoms with Crippen molar-refractivity contribution in [3.05, 3.63) is 23.8 Å². The molecule has 0 spiro atoms. The number of piperazine rings is 1. The second-order valence-electron chi connectivity index (χ2n) is 5.95. The van der Waals surface area contributed by atoms with Gasteiger partial charge in [-0.3, -0.25) is 4.79 Å². The predicted octanol–water partition coefficient (Wildman–Crippen LogP) is 0.532. The number of carbonyl (C=O) groups is 1. The van der Waals surface area contributed by atoms with Gasteiger partial charge in [0.05, 0.1) is 4.90 Å². The third kappa shape index (κ3) is 2.64. The summed E-state index contributed by atoms with van der Waals surface area (Å²) in [7, 11) is 0.280. The van der Waals surface area contributed by atoms with Crippen LogP contribution in [0.1, 0.15) is 12.0 Å². The molecule has 1 aromatic carbocycles. The number of sulfonamides is 1. The molecule has 0 aliphatic carbocycles. The van der Waals surface area contributed by atoms with E-state index in [1.165, 1.54) is 0 Å². The standard InChI is InChI=1S/C15H21N3O3S/c1-16-7-9-18(10-8-16)22(20,21)13-4-5-14-12(11-13)3-6-15(19)17(14)2/h4-5,11H,3,6-10H2,1-2H3. The minimum absolute atomic E-state index is 0.0715. The number of hydrogen-bond donors (Lipinski definition) is 0.